The van der Waals surface area contributed by atoms with Crippen molar-refractivity contribution in [3.8, 4) is 6.07 Å². The molecule has 1 saturated carbocycles. The molecule has 5 rings (SSSR count). The number of hydrogen-bond donors (Lipinski definition) is 3. The number of nitriles is 1. The maximum absolute atomic E-state index is 12.6. The molecule has 0 atom stereocenters. The van der Waals surface area contributed by atoms with Crippen molar-refractivity contribution < 1.29 is 4.79 Å². The van der Waals surface area contributed by atoms with Gasteiger partial charge in [-0.3, -0.25) is 14.2 Å². The molecule has 4 aromatic rings. The van der Waals surface area contributed by atoms with Gasteiger partial charge in [0.25, 0.3) is 5.56 Å². The lowest BCUT2D eigenvalue weighted by Gasteiger charge is -2.29. The SMILES string of the molecule is N#Cc1ccc2c(c1)[nH]c(=O)n2C1CCC(NC(=O)CCSc2nc3ccccc3c(=O)[nH]2)CC1. The first-order valence-corrected chi connectivity index (χ1v) is 12.6. The van der Waals surface area contributed by atoms with E-state index in [4.69, 9.17) is 5.26 Å². The fourth-order valence-corrected chi connectivity index (χ4v) is 5.52. The second-order valence-electron chi connectivity index (χ2n) is 8.70. The van der Waals surface area contributed by atoms with Crippen LogP contribution in [-0.4, -0.2) is 37.2 Å². The lowest BCUT2D eigenvalue weighted by Crippen LogP contribution is -2.39. The summed E-state index contributed by atoms with van der Waals surface area (Å²) in [4.78, 5) is 47.3. The number of rotatable bonds is 6. The Morgan fingerprint density at radius 3 is 2.74 bits per heavy atom. The first kappa shape index (κ1) is 22.9. The molecule has 1 amide bonds. The van der Waals surface area contributed by atoms with Crippen molar-refractivity contribution in [2.24, 2.45) is 0 Å². The Morgan fingerprint density at radius 2 is 1.94 bits per heavy atom. The van der Waals surface area contributed by atoms with Crippen LogP contribution in [0.5, 0.6) is 0 Å². The van der Waals surface area contributed by atoms with Crippen LogP contribution < -0.4 is 16.6 Å². The zero-order chi connectivity index (χ0) is 24.4. The van der Waals surface area contributed by atoms with E-state index in [2.05, 4.69) is 26.3 Å². The number of hydrogen-bond acceptors (Lipinski definition) is 6. The van der Waals surface area contributed by atoms with Gasteiger partial charge in [-0.25, -0.2) is 9.78 Å². The van der Waals surface area contributed by atoms with E-state index in [0.29, 0.717) is 39.3 Å². The van der Waals surface area contributed by atoms with Crippen molar-refractivity contribution in [3.63, 3.8) is 0 Å². The highest BCUT2D eigenvalue weighted by atomic mass is 32.2. The molecule has 35 heavy (non-hydrogen) atoms. The second-order valence-corrected chi connectivity index (χ2v) is 9.79. The first-order valence-electron chi connectivity index (χ1n) is 11.6. The monoisotopic (exact) mass is 488 g/mol. The molecular formula is C25H24N6O3S. The number of carbonyl (C=O) groups is 1. The summed E-state index contributed by atoms with van der Waals surface area (Å²) in [7, 11) is 0. The summed E-state index contributed by atoms with van der Waals surface area (Å²) in [6.07, 6.45) is 3.48. The summed E-state index contributed by atoms with van der Waals surface area (Å²) < 4.78 is 1.78. The minimum Gasteiger partial charge on any atom is -0.353 e. The van der Waals surface area contributed by atoms with E-state index >= 15 is 0 Å². The Hall–Kier alpha value is -3.84. The van der Waals surface area contributed by atoms with E-state index in [1.807, 2.05) is 12.1 Å². The fraction of sp³-hybridized carbons (Fsp3) is 0.320. The zero-order valence-electron chi connectivity index (χ0n) is 18.9. The van der Waals surface area contributed by atoms with Crippen LogP contribution in [0, 0.1) is 11.3 Å². The predicted octanol–water partition coefficient (Wildman–Crippen LogP) is 3.22. The molecular weight excluding hydrogens is 464 g/mol. The molecule has 2 aromatic carbocycles. The molecule has 1 fully saturated rings. The molecule has 178 valence electrons. The van der Waals surface area contributed by atoms with Crippen molar-refractivity contribution >= 4 is 39.6 Å². The van der Waals surface area contributed by atoms with Crippen LogP contribution in [0.25, 0.3) is 21.9 Å². The molecule has 0 aliphatic heterocycles. The van der Waals surface area contributed by atoms with Gasteiger partial charge >= 0.3 is 5.69 Å². The first-order chi connectivity index (χ1) is 17.0. The average Bonchev–Trinajstić information content (AvgIpc) is 3.19. The standard InChI is InChI=1S/C25H24N6O3S/c26-14-15-5-10-21-20(13-15)29-25(34)31(21)17-8-6-16(7-9-17)27-22(32)11-12-35-24-28-19-4-2-1-3-18(19)23(33)30-24/h1-5,10,13,16-17H,6-9,11-12H2,(H,27,32)(H,29,34)(H,28,30,33). The molecule has 0 spiro atoms. The molecule has 2 heterocycles. The van der Waals surface area contributed by atoms with E-state index < -0.39 is 0 Å². The Balaban J connectivity index is 1.13. The molecule has 10 heteroatoms. The Morgan fingerprint density at radius 1 is 1.14 bits per heavy atom. The van der Waals surface area contributed by atoms with Gasteiger partial charge in [0.1, 0.15) is 0 Å². The normalized spacial score (nSPS) is 17.9. The molecule has 0 saturated heterocycles. The van der Waals surface area contributed by atoms with Crippen LogP contribution >= 0.6 is 11.8 Å². The van der Waals surface area contributed by atoms with Gasteiger partial charge in [0.05, 0.1) is 33.6 Å². The third-order valence-electron chi connectivity index (χ3n) is 6.43. The van der Waals surface area contributed by atoms with Crippen LogP contribution in [0.3, 0.4) is 0 Å². The van der Waals surface area contributed by atoms with E-state index in [1.165, 1.54) is 11.8 Å². The van der Waals surface area contributed by atoms with Crippen molar-refractivity contribution in [3.05, 3.63) is 68.9 Å². The van der Waals surface area contributed by atoms with Gasteiger partial charge in [-0.05, 0) is 56.0 Å². The largest absolute Gasteiger partial charge is 0.353 e. The van der Waals surface area contributed by atoms with Gasteiger partial charge in [-0.15, -0.1) is 0 Å². The number of nitrogens with one attached hydrogen (secondary N) is 3. The van der Waals surface area contributed by atoms with Crippen molar-refractivity contribution in [1.29, 1.82) is 5.26 Å². The lowest BCUT2D eigenvalue weighted by molar-refractivity contribution is -0.121. The fourth-order valence-electron chi connectivity index (χ4n) is 4.72. The summed E-state index contributed by atoms with van der Waals surface area (Å²) in [5.74, 6) is 0.482. The van der Waals surface area contributed by atoms with Crippen LogP contribution in [0.15, 0.2) is 57.2 Å². The number of imidazole rings is 1. The van der Waals surface area contributed by atoms with E-state index in [1.54, 1.807) is 34.9 Å². The highest BCUT2D eigenvalue weighted by Crippen LogP contribution is 2.30. The Bertz CT molecular complexity index is 1560. The number of thioether (sulfide) groups is 1. The Kier molecular flexibility index (Phi) is 6.42. The smallest absolute Gasteiger partial charge is 0.326 e. The van der Waals surface area contributed by atoms with Gasteiger partial charge in [-0.1, -0.05) is 23.9 Å². The van der Waals surface area contributed by atoms with Gasteiger partial charge in [-0.2, -0.15) is 5.26 Å². The summed E-state index contributed by atoms with van der Waals surface area (Å²) in [6, 6.07) is 14.6. The number of carbonyl (C=O) groups excluding carboxylic acids is 1. The number of fused-ring (bicyclic) bond motifs is 2. The molecule has 1 aliphatic rings. The summed E-state index contributed by atoms with van der Waals surface area (Å²) in [5.41, 5.74) is 2.28. The third kappa shape index (κ3) is 4.86. The zero-order valence-corrected chi connectivity index (χ0v) is 19.7. The number of H-pyrrole nitrogens is 2. The van der Waals surface area contributed by atoms with Crippen LogP contribution in [0.1, 0.15) is 43.7 Å². The van der Waals surface area contributed by atoms with E-state index in [9.17, 15) is 14.4 Å². The molecule has 0 radical (unpaired) electrons. The predicted molar refractivity (Wildman–Crippen MR) is 134 cm³/mol. The highest BCUT2D eigenvalue weighted by Gasteiger charge is 2.26. The van der Waals surface area contributed by atoms with Crippen molar-refractivity contribution in [2.45, 2.75) is 49.3 Å². The highest BCUT2D eigenvalue weighted by molar-refractivity contribution is 7.99. The summed E-state index contributed by atoms with van der Waals surface area (Å²) in [6.45, 7) is 0. The summed E-state index contributed by atoms with van der Waals surface area (Å²) in [5, 5.41) is 13.2. The number of benzene rings is 2. The van der Waals surface area contributed by atoms with Gasteiger partial charge in [0.2, 0.25) is 5.91 Å². The van der Waals surface area contributed by atoms with Gasteiger partial charge in [0, 0.05) is 24.3 Å². The molecule has 9 nitrogen and oxygen atoms in total. The molecule has 1 aliphatic carbocycles. The molecule has 2 aromatic heterocycles. The molecule has 0 unspecified atom stereocenters. The van der Waals surface area contributed by atoms with E-state index in [-0.39, 0.29) is 29.2 Å². The van der Waals surface area contributed by atoms with Crippen LogP contribution in [0.2, 0.25) is 0 Å². The minimum atomic E-state index is -0.181. The summed E-state index contributed by atoms with van der Waals surface area (Å²) >= 11 is 1.35. The number of para-hydroxylation sites is 1. The second kappa shape index (κ2) is 9.80. The van der Waals surface area contributed by atoms with Crippen LogP contribution in [0.4, 0.5) is 0 Å². The average molecular weight is 489 g/mol. The van der Waals surface area contributed by atoms with Crippen molar-refractivity contribution in [2.75, 3.05) is 5.75 Å². The number of aromatic amines is 2. The Labute approximate surface area is 204 Å². The van der Waals surface area contributed by atoms with Crippen molar-refractivity contribution in [1.82, 2.24) is 24.8 Å². The third-order valence-corrected chi connectivity index (χ3v) is 7.31. The lowest BCUT2D eigenvalue weighted by atomic mass is 9.90. The van der Waals surface area contributed by atoms with Crippen LogP contribution in [-0.2, 0) is 4.79 Å². The molecule has 0 bridgehead atoms. The van der Waals surface area contributed by atoms with Gasteiger partial charge in [0.15, 0.2) is 5.16 Å². The number of amides is 1. The maximum atomic E-state index is 12.6. The van der Waals surface area contributed by atoms with E-state index in [0.717, 1.165) is 31.2 Å². The topological polar surface area (TPSA) is 136 Å². The maximum Gasteiger partial charge on any atom is 0.326 e. The number of aromatic nitrogens is 4. The molecule has 3 N–H and O–H groups in total. The number of nitrogens with zero attached hydrogens (tertiary/aromatic N) is 3. The quantitative estimate of drug-likeness (QED) is 0.282. The van der Waals surface area contributed by atoms with Gasteiger partial charge < -0.3 is 15.3 Å². The minimum absolute atomic E-state index is 0.0302.